The van der Waals surface area contributed by atoms with Crippen molar-refractivity contribution in [1.29, 1.82) is 0 Å². The predicted molar refractivity (Wildman–Crippen MR) is 63.5 cm³/mol. The van der Waals surface area contributed by atoms with E-state index in [9.17, 15) is 9.59 Å². The van der Waals surface area contributed by atoms with E-state index in [4.69, 9.17) is 9.84 Å². The van der Waals surface area contributed by atoms with E-state index >= 15 is 0 Å². The first kappa shape index (κ1) is 13.3. The van der Waals surface area contributed by atoms with Crippen molar-refractivity contribution in [3.05, 3.63) is 6.33 Å². The van der Waals surface area contributed by atoms with Gasteiger partial charge in [-0.25, -0.2) is 9.48 Å². The fourth-order valence-corrected chi connectivity index (χ4v) is 1.90. The van der Waals surface area contributed by atoms with Gasteiger partial charge in [0, 0.05) is 14.1 Å². The van der Waals surface area contributed by atoms with Crippen molar-refractivity contribution in [3.8, 4) is 0 Å². The van der Waals surface area contributed by atoms with Crippen molar-refractivity contribution in [3.63, 3.8) is 0 Å². The van der Waals surface area contributed by atoms with Crippen LogP contribution in [-0.2, 0) is 16.6 Å². The molecule has 0 bridgehead atoms. The number of hydrogen-bond acceptors (Lipinski definition) is 5. The normalized spacial score (nSPS) is 22.2. The van der Waals surface area contributed by atoms with Crippen LogP contribution in [0.5, 0.6) is 0 Å². The molecule has 1 aliphatic rings. The predicted octanol–water partition coefficient (Wildman–Crippen LogP) is -0.622. The largest absolute Gasteiger partial charge is 0.481 e. The number of aryl methyl sites for hydroxylation is 1. The van der Waals surface area contributed by atoms with Crippen molar-refractivity contribution >= 4 is 17.9 Å². The standard InChI is InChI=1S/C10H15N5O4/c1-14(7-4-19-3-6(7)8(16)17)10(18)13-9-11-5-12-15(9)2/h5-7H,3-4H2,1-2H3,(H,16,17)(H,11,12,13,18). The SMILES string of the molecule is CN(C(=O)Nc1ncnn1C)C1COCC1C(=O)O. The summed E-state index contributed by atoms with van der Waals surface area (Å²) in [6.45, 7) is 0.321. The van der Waals surface area contributed by atoms with Crippen LogP contribution in [-0.4, -0.2) is 63.1 Å². The Bertz CT molecular complexity index is 488. The van der Waals surface area contributed by atoms with Gasteiger partial charge in [-0.05, 0) is 0 Å². The Hall–Kier alpha value is -2.16. The van der Waals surface area contributed by atoms with Gasteiger partial charge in [-0.2, -0.15) is 10.1 Å². The first-order chi connectivity index (χ1) is 9.00. The molecule has 0 radical (unpaired) electrons. The molecule has 0 aromatic carbocycles. The molecule has 0 aliphatic carbocycles. The van der Waals surface area contributed by atoms with Gasteiger partial charge in [-0.1, -0.05) is 0 Å². The molecule has 104 valence electrons. The highest BCUT2D eigenvalue weighted by molar-refractivity contribution is 5.88. The zero-order valence-electron chi connectivity index (χ0n) is 10.6. The molecule has 2 unspecified atom stereocenters. The molecule has 1 saturated heterocycles. The average Bonchev–Trinajstić information content (AvgIpc) is 2.98. The zero-order chi connectivity index (χ0) is 14.0. The highest BCUT2D eigenvalue weighted by Crippen LogP contribution is 2.19. The van der Waals surface area contributed by atoms with E-state index in [0.29, 0.717) is 5.95 Å². The van der Waals surface area contributed by atoms with E-state index in [0.717, 1.165) is 0 Å². The lowest BCUT2D eigenvalue weighted by Gasteiger charge is -2.26. The lowest BCUT2D eigenvalue weighted by Crippen LogP contribution is -2.46. The number of nitrogens with one attached hydrogen (secondary N) is 1. The number of aliphatic carboxylic acids is 1. The molecule has 1 aliphatic heterocycles. The van der Waals surface area contributed by atoms with Crippen LogP contribution < -0.4 is 5.32 Å². The minimum absolute atomic E-state index is 0.113. The number of nitrogens with zero attached hydrogens (tertiary/aromatic N) is 4. The molecule has 19 heavy (non-hydrogen) atoms. The summed E-state index contributed by atoms with van der Waals surface area (Å²) in [4.78, 5) is 28.2. The van der Waals surface area contributed by atoms with Crippen LogP contribution >= 0.6 is 0 Å². The van der Waals surface area contributed by atoms with E-state index in [2.05, 4.69) is 15.4 Å². The molecule has 9 nitrogen and oxygen atoms in total. The number of carboxylic acid groups (broad SMARTS) is 1. The Morgan fingerprint density at radius 3 is 2.89 bits per heavy atom. The van der Waals surface area contributed by atoms with Gasteiger partial charge in [-0.15, -0.1) is 0 Å². The highest BCUT2D eigenvalue weighted by Gasteiger charge is 2.38. The Kier molecular flexibility index (Phi) is 3.65. The Morgan fingerprint density at radius 2 is 2.32 bits per heavy atom. The van der Waals surface area contributed by atoms with Crippen molar-refractivity contribution in [2.24, 2.45) is 13.0 Å². The van der Waals surface area contributed by atoms with Crippen molar-refractivity contribution in [1.82, 2.24) is 19.7 Å². The number of anilines is 1. The monoisotopic (exact) mass is 269 g/mol. The summed E-state index contributed by atoms with van der Waals surface area (Å²) in [7, 11) is 3.17. The number of urea groups is 1. The Labute approximate surface area is 109 Å². The van der Waals surface area contributed by atoms with Gasteiger partial charge >= 0.3 is 12.0 Å². The maximum Gasteiger partial charge on any atom is 0.324 e. The molecular formula is C10H15N5O4. The third-order valence-corrected chi connectivity index (χ3v) is 3.12. The average molecular weight is 269 g/mol. The van der Waals surface area contributed by atoms with Gasteiger partial charge < -0.3 is 14.7 Å². The third-order valence-electron chi connectivity index (χ3n) is 3.12. The van der Waals surface area contributed by atoms with Crippen LogP contribution in [0.15, 0.2) is 6.33 Å². The summed E-state index contributed by atoms with van der Waals surface area (Å²) in [5, 5.41) is 15.4. The quantitative estimate of drug-likeness (QED) is 0.756. The summed E-state index contributed by atoms with van der Waals surface area (Å²) in [6, 6.07) is -0.941. The Morgan fingerprint density at radius 1 is 1.58 bits per heavy atom. The van der Waals surface area contributed by atoms with Crippen LogP contribution in [0.25, 0.3) is 0 Å². The smallest absolute Gasteiger partial charge is 0.324 e. The first-order valence-electron chi connectivity index (χ1n) is 5.69. The lowest BCUT2D eigenvalue weighted by molar-refractivity contribution is -0.142. The van der Waals surface area contributed by atoms with Crippen LogP contribution in [0.1, 0.15) is 0 Å². The third kappa shape index (κ3) is 2.65. The van der Waals surface area contributed by atoms with Crippen LogP contribution in [0, 0.1) is 5.92 Å². The van der Waals surface area contributed by atoms with Crippen molar-refractivity contribution in [2.45, 2.75) is 6.04 Å². The van der Waals surface area contributed by atoms with Crippen LogP contribution in [0.4, 0.5) is 10.7 Å². The van der Waals surface area contributed by atoms with Gasteiger partial charge in [0.05, 0.1) is 19.3 Å². The minimum atomic E-state index is -0.971. The van der Waals surface area contributed by atoms with Gasteiger partial charge in [0.15, 0.2) is 0 Å². The first-order valence-corrected chi connectivity index (χ1v) is 5.69. The summed E-state index contributed by atoms with van der Waals surface area (Å²) in [5.41, 5.74) is 0. The van der Waals surface area contributed by atoms with Gasteiger partial charge in [-0.3, -0.25) is 10.1 Å². The molecule has 2 heterocycles. The summed E-state index contributed by atoms with van der Waals surface area (Å²) in [6.07, 6.45) is 1.31. The summed E-state index contributed by atoms with van der Waals surface area (Å²) in [5.74, 6) is -1.39. The minimum Gasteiger partial charge on any atom is -0.481 e. The number of hydrogen-bond donors (Lipinski definition) is 2. The van der Waals surface area contributed by atoms with Crippen LogP contribution in [0.3, 0.4) is 0 Å². The second-order valence-electron chi connectivity index (χ2n) is 4.30. The topological polar surface area (TPSA) is 110 Å². The molecule has 0 saturated carbocycles. The number of carboxylic acids is 1. The van der Waals surface area contributed by atoms with Gasteiger partial charge in [0.25, 0.3) is 0 Å². The fourth-order valence-electron chi connectivity index (χ4n) is 1.90. The number of rotatable bonds is 3. The molecule has 1 aromatic heterocycles. The summed E-state index contributed by atoms with van der Waals surface area (Å²) < 4.78 is 6.53. The van der Waals surface area contributed by atoms with Gasteiger partial charge in [0.2, 0.25) is 5.95 Å². The van der Waals surface area contributed by atoms with E-state index in [1.807, 2.05) is 0 Å². The molecule has 9 heteroatoms. The van der Waals surface area contributed by atoms with Crippen LogP contribution in [0.2, 0.25) is 0 Å². The van der Waals surface area contributed by atoms with E-state index in [1.165, 1.54) is 23.0 Å². The zero-order valence-corrected chi connectivity index (χ0v) is 10.6. The molecule has 2 N–H and O–H groups in total. The number of carbonyl (C=O) groups excluding carboxylic acids is 1. The highest BCUT2D eigenvalue weighted by atomic mass is 16.5. The van der Waals surface area contributed by atoms with Gasteiger partial charge in [0.1, 0.15) is 12.2 Å². The maximum absolute atomic E-state index is 12.0. The van der Waals surface area contributed by atoms with E-state index < -0.39 is 24.0 Å². The molecular weight excluding hydrogens is 254 g/mol. The van der Waals surface area contributed by atoms with E-state index in [1.54, 1.807) is 7.05 Å². The van der Waals surface area contributed by atoms with E-state index in [-0.39, 0.29) is 13.2 Å². The molecule has 2 atom stereocenters. The van der Waals surface area contributed by atoms with Crippen molar-refractivity contribution in [2.75, 3.05) is 25.6 Å². The number of likely N-dealkylation sites (N-methyl/N-ethyl adjacent to an activating group) is 1. The molecule has 1 fully saturated rings. The molecule has 0 spiro atoms. The summed E-state index contributed by atoms with van der Waals surface area (Å²) >= 11 is 0. The Balaban J connectivity index is 2.03. The number of aromatic nitrogens is 3. The number of amides is 2. The maximum atomic E-state index is 12.0. The number of carbonyl (C=O) groups is 2. The fraction of sp³-hybridized carbons (Fsp3) is 0.600. The molecule has 2 amide bonds. The second kappa shape index (κ2) is 5.22. The second-order valence-corrected chi connectivity index (χ2v) is 4.30. The number of ether oxygens (including phenoxy) is 1. The lowest BCUT2D eigenvalue weighted by atomic mass is 10.0. The molecule has 1 aromatic rings. The molecule has 2 rings (SSSR count). The van der Waals surface area contributed by atoms with Crippen molar-refractivity contribution < 1.29 is 19.4 Å².